The van der Waals surface area contributed by atoms with E-state index in [9.17, 15) is 116 Å². The highest BCUT2D eigenvalue weighted by molar-refractivity contribution is 6.29. The number of rotatable bonds is 0. The lowest BCUT2D eigenvalue weighted by atomic mass is 9.87. The van der Waals surface area contributed by atoms with Crippen LogP contribution in [0.3, 0.4) is 0 Å². The average molecular weight is 1080 g/mol. The van der Waals surface area contributed by atoms with Gasteiger partial charge in [-0.1, -0.05) is 0 Å². The van der Waals surface area contributed by atoms with Crippen molar-refractivity contribution in [3.8, 4) is 125 Å². The van der Waals surface area contributed by atoms with E-state index in [-0.39, 0.29) is 6.07 Å². The Balaban J connectivity index is 1.25. The summed E-state index contributed by atoms with van der Waals surface area (Å²) in [5, 5.41) is 185. The minimum absolute atomic E-state index is 0.282. The maximum absolute atomic E-state index is 14.8. The highest BCUT2D eigenvalue weighted by atomic mass is 16.7. The average Bonchev–Trinajstić information content (AvgIpc) is 2.13. The molecule has 8 aromatic rings. The lowest BCUT2D eigenvalue weighted by molar-refractivity contribution is -0.284. The number of hydrogen-bond donors (Lipinski definition) is 17. The second kappa shape index (κ2) is 16.4. The third kappa shape index (κ3) is 6.49. The summed E-state index contributed by atoms with van der Waals surface area (Å²) in [7, 11) is 0. The molecule has 0 amide bonds. The molecule has 17 N–H and O–H groups in total. The van der Waals surface area contributed by atoms with Gasteiger partial charge in [-0.2, -0.15) is 0 Å². The molecule has 1 fully saturated rings. The van der Waals surface area contributed by atoms with Crippen molar-refractivity contribution in [3.63, 3.8) is 0 Å². The van der Waals surface area contributed by atoms with Crippen LogP contribution in [0.25, 0.3) is 66.1 Å². The van der Waals surface area contributed by atoms with E-state index in [1.54, 1.807) is 0 Å². The summed E-state index contributed by atoms with van der Waals surface area (Å²) in [4.78, 5) is 86.7. The van der Waals surface area contributed by atoms with Crippen LogP contribution in [0.4, 0.5) is 0 Å². The van der Waals surface area contributed by atoms with Gasteiger partial charge in [0, 0.05) is 44.2 Å². The lowest BCUT2D eigenvalue weighted by Crippen LogP contribution is -2.62. The first-order valence-electron chi connectivity index (χ1n) is 21.7. The van der Waals surface area contributed by atoms with E-state index >= 15 is 0 Å². The highest BCUT2D eigenvalue weighted by Crippen LogP contribution is 2.59. The van der Waals surface area contributed by atoms with Crippen molar-refractivity contribution in [2.45, 2.75) is 30.7 Å². The molecular formula is C48H28O30. The molecule has 30 heteroatoms. The Morgan fingerprint density at radius 1 is 0.346 bits per heavy atom. The van der Waals surface area contributed by atoms with Gasteiger partial charge < -0.3 is 119 Å². The fraction of sp³-hybridized carbons (Fsp3) is 0.125. The Bertz CT molecular complexity index is 4240. The van der Waals surface area contributed by atoms with Gasteiger partial charge >= 0.3 is 35.1 Å². The van der Waals surface area contributed by atoms with Crippen molar-refractivity contribution in [2.24, 2.45) is 0 Å². The number of carbonyl (C=O) groups excluding carboxylic acids is 4. The van der Waals surface area contributed by atoms with Gasteiger partial charge in [-0.15, -0.1) is 0 Å². The SMILES string of the molecule is O=C1O[C@H]2[C@H](OC(=O)c3cc(O)c(O)c(O)c3-c3c1cc(O)c(O)c3O)[C@H]1OC(=O)c3cc(O)c(O)c(O)c3-c3c(O)c(O)c4oc(=O)c5c(c(O)c(O)c6oc(=O)c3c4c65)-c3c(cc(O)c(O)c3O)C(=O)OC[C@H]2OC1O. The summed E-state index contributed by atoms with van der Waals surface area (Å²) in [6.45, 7) is -1.43. The minimum atomic E-state index is -2.77. The highest BCUT2D eigenvalue weighted by Gasteiger charge is 2.54. The summed E-state index contributed by atoms with van der Waals surface area (Å²) in [6, 6.07) is 1.38. The Kier molecular flexibility index (Phi) is 10.3. The molecule has 0 aliphatic carbocycles. The summed E-state index contributed by atoms with van der Waals surface area (Å²) in [5.41, 5.74) is -18.1. The first-order chi connectivity index (χ1) is 36.8. The van der Waals surface area contributed by atoms with Gasteiger partial charge in [0.05, 0.1) is 33.0 Å². The molecule has 5 atom stereocenters. The van der Waals surface area contributed by atoms with Crippen LogP contribution in [0.1, 0.15) is 41.4 Å². The molecule has 6 heterocycles. The predicted octanol–water partition coefficient (Wildman–Crippen LogP) is 1.96. The number of carbonyl (C=O) groups is 4. The van der Waals surface area contributed by atoms with Gasteiger partial charge in [0.15, 0.2) is 93.3 Å². The van der Waals surface area contributed by atoms with Gasteiger partial charge in [0.1, 0.15) is 12.7 Å². The van der Waals surface area contributed by atoms with E-state index in [4.69, 9.17) is 32.5 Å². The number of phenols is 16. The molecule has 0 spiro atoms. The van der Waals surface area contributed by atoms with Gasteiger partial charge in [0.2, 0.25) is 34.5 Å². The molecule has 12 rings (SSSR count). The summed E-state index contributed by atoms with van der Waals surface area (Å²) >= 11 is 0. The van der Waals surface area contributed by atoms with Crippen LogP contribution in [0.2, 0.25) is 0 Å². The third-order valence-electron chi connectivity index (χ3n) is 13.2. The predicted molar refractivity (Wildman–Crippen MR) is 245 cm³/mol. The molecule has 2 aromatic heterocycles. The molecule has 0 saturated carbocycles. The monoisotopic (exact) mass is 1080 g/mol. The Hall–Kier alpha value is -11.1. The van der Waals surface area contributed by atoms with Crippen LogP contribution < -0.4 is 11.3 Å². The summed E-state index contributed by atoms with van der Waals surface area (Å²) in [5.74, 6) is -31.4. The number of benzene rings is 6. The number of aliphatic hydroxyl groups is 1. The number of phenolic OH excluding ortho intramolecular Hbond substituents is 16. The van der Waals surface area contributed by atoms with E-state index in [0.29, 0.717) is 18.2 Å². The normalized spacial score (nSPS) is 19.3. The number of ether oxygens (including phenoxy) is 5. The van der Waals surface area contributed by atoms with Crippen molar-refractivity contribution in [1.82, 2.24) is 0 Å². The Labute approximate surface area is 424 Å². The summed E-state index contributed by atoms with van der Waals surface area (Å²) in [6.07, 6.45) is -12.9. The summed E-state index contributed by atoms with van der Waals surface area (Å²) < 4.78 is 38.5. The molecule has 6 aromatic carbocycles. The van der Waals surface area contributed by atoms with Crippen LogP contribution in [0.15, 0.2) is 42.7 Å². The topological polar surface area (TPSA) is 519 Å². The largest absolute Gasteiger partial charge is 0.504 e. The van der Waals surface area contributed by atoms with E-state index in [1.807, 2.05) is 0 Å². The van der Waals surface area contributed by atoms with Gasteiger partial charge in [-0.25, -0.2) is 28.8 Å². The zero-order valence-corrected chi connectivity index (χ0v) is 37.8. The maximum Gasteiger partial charge on any atom is 0.345 e. The molecular weight excluding hydrogens is 1060 g/mol. The molecule has 0 radical (unpaired) electrons. The first-order valence-corrected chi connectivity index (χ1v) is 21.7. The van der Waals surface area contributed by atoms with Crippen molar-refractivity contribution < 1.29 is 139 Å². The van der Waals surface area contributed by atoms with Crippen molar-refractivity contribution in [3.05, 3.63) is 67.4 Å². The van der Waals surface area contributed by atoms with Crippen LogP contribution >= 0.6 is 0 Å². The van der Waals surface area contributed by atoms with Crippen LogP contribution in [-0.2, 0) is 23.7 Å². The Morgan fingerprint density at radius 2 is 0.654 bits per heavy atom. The van der Waals surface area contributed by atoms with Crippen LogP contribution in [0, 0.1) is 0 Å². The zero-order chi connectivity index (χ0) is 56.3. The van der Waals surface area contributed by atoms with E-state index < -0.39 is 253 Å². The molecule has 400 valence electrons. The Morgan fingerprint density at radius 3 is 1.03 bits per heavy atom. The van der Waals surface area contributed by atoms with Crippen molar-refractivity contribution in [2.75, 3.05) is 6.61 Å². The standard InChI is InChI=1S/C48H28O30/c49-10-1-6-17(31(59)27(10)55)19-23-21-22-24(47(70)76-38(21)35(63)33(19)61)20(34(62)36(64)39(22)75-46(23)69)18-9(4-13(52)28(56)32(18)60)45(68)78-41-40-37(14(73-48(41)71)5-72-42(6)65)74-43(66)7-2-11(50)25(53)29(57)15(7)16-8(44(67)77-40)3-12(51)26(54)30(16)58/h1-4,14,37,40-41,48-64,71H,5H2/t14-,37-,40+,41-,48?/m1/s1. The van der Waals surface area contributed by atoms with E-state index in [2.05, 4.69) is 0 Å². The maximum atomic E-state index is 14.8. The molecule has 8 bridgehead atoms. The second-order valence-corrected chi connectivity index (χ2v) is 17.4. The van der Waals surface area contributed by atoms with Crippen molar-refractivity contribution in [1.29, 1.82) is 0 Å². The molecule has 1 unspecified atom stereocenters. The van der Waals surface area contributed by atoms with Crippen LogP contribution in [-0.4, -0.2) is 148 Å². The number of fused-ring (bicyclic) bond motifs is 7. The fourth-order valence-corrected chi connectivity index (χ4v) is 9.72. The molecule has 78 heavy (non-hydrogen) atoms. The van der Waals surface area contributed by atoms with Gasteiger partial charge in [0.25, 0.3) is 0 Å². The van der Waals surface area contributed by atoms with Crippen LogP contribution in [0.5, 0.6) is 92.0 Å². The second-order valence-electron chi connectivity index (χ2n) is 17.4. The number of esters is 4. The molecule has 1 saturated heterocycles. The minimum Gasteiger partial charge on any atom is -0.504 e. The lowest BCUT2D eigenvalue weighted by Gasteiger charge is -2.43. The van der Waals surface area contributed by atoms with E-state index in [1.165, 1.54) is 0 Å². The number of hydrogen-bond acceptors (Lipinski definition) is 30. The number of aliphatic hydroxyl groups excluding tert-OH is 1. The number of aromatic hydroxyl groups is 16. The quantitative estimate of drug-likeness (QED) is 0.0339. The molecule has 4 aliphatic rings. The first kappa shape index (κ1) is 49.1. The third-order valence-corrected chi connectivity index (χ3v) is 13.2. The molecule has 30 nitrogen and oxygen atoms in total. The molecule has 4 aliphatic heterocycles. The smallest absolute Gasteiger partial charge is 0.345 e. The van der Waals surface area contributed by atoms with Gasteiger partial charge in [-0.3, -0.25) is 0 Å². The van der Waals surface area contributed by atoms with E-state index in [0.717, 1.165) is 0 Å². The zero-order valence-electron chi connectivity index (χ0n) is 37.8. The fourth-order valence-electron chi connectivity index (χ4n) is 9.72. The van der Waals surface area contributed by atoms with Crippen molar-refractivity contribution >= 4 is 56.6 Å². The van der Waals surface area contributed by atoms with Gasteiger partial charge in [-0.05, 0) is 24.3 Å².